The highest BCUT2D eigenvalue weighted by molar-refractivity contribution is 5.71. The van der Waals surface area contributed by atoms with E-state index in [4.69, 9.17) is 0 Å². The van der Waals surface area contributed by atoms with E-state index in [-0.39, 0.29) is 0 Å². The van der Waals surface area contributed by atoms with Crippen molar-refractivity contribution in [3.05, 3.63) is 24.3 Å². The smallest absolute Gasteiger partial charge is 0.145 e. The first-order chi connectivity index (χ1) is 7.47. The predicted octanol–water partition coefficient (Wildman–Crippen LogP) is 4.29. The topological polar surface area (TPSA) is 17.1 Å². The van der Waals surface area contributed by atoms with Crippen molar-refractivity contribution in [2.45, 2.75) is 52.4 Å². The molecule has 0 aromatic carbocycles. The first-order valence-electron chi connectivity index (χ1n) is 6.28. The van der Waals surface area contributed by atoms with Crippen LogP contribution in [0.4, 0.5) is 0 Å². The fraction of sp³-hybridized carbons (Fsp3) is 0.667. The van der Waals surface area contributed by atoms with Crippen LogP contribution in [0.5, 0.6) is 0 Å². The van der Waals surface area contributed by atoms with Crippen LogP contribution in [-0.4, -0.2) is 6.29 Å². The van der Waals surface area contributed by atoms with Gasteiger partial charge in [0.15, 0.2) is 0 Å². The predicted molar refractivity (Wildman–Crippen MR) is 69.3 cm³/mol. The van der Waals surface area contributed by atoms with Crippen molar-refractivity contribution in [3.8, 4) is 0 Å². The normalized spacial score (nSPS) is 24.1. The zero-order chi connectivity index (χ0) is 12.2. The largest absolute Gasteiger partial charge is 0.298 e. The maximum atomic E-state index is 10.5. The fourth-order valence-corrected chi connectivity index (χ4v) is 2.86. The Morgan fingerprint density at radius 3 is 2.81 bits per heavy atom. The van der Waals surface area contributed by atoms with E-state index in [2.05, 4.69) is 27.0 Å². The van der Waals surface area contributed by atoms with Gasteiger partial charge in [0.2, 0.25) is 0 Å². The lowest BCUT2D eigenvalue weighted by atomic mass is 9.65. The number of hydrogen-bond acceptors (Lipinski definition) is 1. The highest BCUT2D eigenvalue weighted by Gasteiger charge is 2.33. The van der Waals surface area contributed by atoms with Crippen LogP contribution in [-0.2, 0) is 4.79 Å². The van der Waals surface area contributed by atoms with Crippen molar-refractivity contribution < 1.29 is 4.79 Å². The first kappa shape index (κ1) is 13.2. The van der Waals surface area contributed by atoms with Crippen molar-refractivity contribution >= 4 is 6.29 Å². The van der Waals surface area contributed by atoms with Gasteiger partial charge >= 0.3 is 0 Å². The molecule has 0 aliphatic heterocycles. The Labute approximate surface area is 99.6 Å². The molecule has 16 heavy (non-hydrogen) atoms. The van der Waals surface area contributed by atoms with E-state index in [9.17, 15) is 4.79 Å². The summed E-state index contributed by atoms with van der Waals surface area (Å²) in [6.45, 7) is 12.6. The van der Waals surface area contributed by atoms with Crippen molar-refractivity contribution in [2.75, 3.05) is 0 Å². The van der Waals surface area contributed by atoms with Gasteiger partial charge in [-0.05, 0) is 55.4 Å². The lowest BCUT2D eigenvalue weighted by Gasteiger charge is -2.40. The highest BCUT2D eigenvalue weighted by atomic mass is 16.1. The molecular formula is C15H24O. The molecule has 0 radical (unpaired) electrons. The van der Waals surface area contributed by atoms with Crippen molar-refractivity contribution in [1.29, 1.82) is 0 Å². The maximum Gasteiger partial charge on any atom is 0.145 e. The minimum absolute atomic E-state index is 0.387. The molecule has 1 heteroatoms. The number of aldehydes is 1. The molecule has 1 fully saturated rings. The van der Waals surface area contributed by atoms with Gasteiger partial charge in [-0.1, -0.05) is 32.6 Å². The standard InChI is InChI=1S/C15H24O/c1-12(11-16)7-5-9-14-13(2)8-6-10-15(14,3)4/h11,14H,1-2,5-10H2,3-4H3/t14-/m1/s1. The Balaban J connectivity index is 2.47. The first-order valence-corrected chi connectivity index (χ1v) is 6.28. The van der Waals surface area contributed by atoms with Gasteiger partial charge in [-0.3, -0.25) is 4.79 Å². The highest BCUT2D eigenvalue weighted by Crippen LogP contribution is 2.45. The van der Waals surface area contributed by atoms with E-state index in [0.717, 1.165) is 31.1 Å². The quantitative estimate of drug-likeness (QED) is 0.383. The second kappa shape index (κ2) is 5.47. The average Bonchev–Trinajstić information content (AvgIpc) is 2.21. The molecule has 0 bridgehead atoms. The number of rotatable bonds is 5. The molecule has 0 spiro atoms. The molecule has 0 N–H and O–H groups in total. The minimum atomic E-state index is 0.387. The third-order valence-electron chi connectivity index (χ3n) is 3.91. The molecule has 1 saturated carbocycles. The van der Waals surface area contributed by atoms with Crippen LogP contribution in [0.2, 0.25) is 0 Å². The maximum absolute atomic E-state index is 10.5. The Kier molecular flexibility index (Phi) is 4.52. The summed E-state index contributed by atoms with van der Waals surface area (Å²) in [7, 11) is 0. The molecule has 0 unspecified atom stereocenters. The molecule has 1 nitrogen and oxygen atoms in total. The van der Waals surface area contributed by atoms with E-state index in [1.807, 2.05) is 0 Å². The monoisotopic (exact) mass is 220 g/mol. The van der Waals surface area contributed by atoms with Gasteiger partial charge in [0.05, 0.1) is 0 Å². The summed E-state index contributed by atoms with van der Waals surface area (Å²) in [5, 5.41) is 0. The van der Waals surface area contributed by atoms with Crippen LogP contribution in [0.1, 0.15) is 52.4 Å². The van der Waals surface area contributed by atoms with Gasteiger partial charge in [-0.25, -0.2) is 0 Å². The van der Waals surface area contributed by atoms with Crippen molar-refractivity contribution in [1.82, 2.24) is 0 Å². The third-order valence-corrected chi connectivity index (χ3v) is 3.91. The van der Waals surface area contributed by atoms with Gasteiger partial charge in [0.1, 0.15) is 6.29 Å². The minimum Gasteiger partial charge on any atom is -0.298 e. The van der Waals surface area contributed by atoms with Crippen LogP contribution in [0, 0.1) is 11.3 Å². The van der Waals surface area contributed by atoms with Gasteiger partial charge in [-0.2, -0.15) is 0 Å². The summed E-state index contributed by atoms with van der Waals surface area (Å²) < 4.78 is 0. The summed E-state index contributed by atoms with van der Waals surface area (Å²) in [5.74, 6) is 0.626. The van der Waals surface area contributed by atoms with Gasteiger partial charge < -0.3 is 0 Å². The molecule has 0 amide bonds. The molecule has 0 heterocycles. The van der Waals surface area contributed by atoms with Crippen LogP contribution < -0.4 is 0 Å². The number of carbonyl (C=O) groups is 1. The zero-order valence-electron chi connectivity index (χ0n) is 10.7. The lowest BCUT2D eigenvalue weighted by Crippen LogP contribution is -2.29. The summed E-state index contributed by atoms with van der Waals surface area (Å²) >= 11 is 0. The molecule has 1 aliphatic rings. The van der Waals surface area contributed by atoms with Crippen LogP contribution in [0.3, 0.4) is 0 Å². The average molecular weight is 220 g/mol. The summed E-state index contributed by atoms with van der Waals surface area (Å²) in [4.78, 5) is 10.5. The lowest BCUT2D eigenvalue weighted by molar-refractivity contribution is -0.105. The molecule has 0 aromatic rings. The zero-order valence-corrected chi connectivity index (χ0v) is 10.7. The second-order valence-electron chi connectivity index (χ2n) is 5.72. The molecule has 1 aliphatic carbocycles. The summed E-state index contributed by atoms with van der Waals surface area (Å²) in [6.07, 6.45) is 7.69. The Bertz CT molecular complexity index is 286. The molecule has 1 atom stereocenters. The Morgan fingerprint density at radius 2 is 2.25 bits per heavy atom. The van der Waals surface area contributed by atoms with Crippen molar-refractivity contribution in [3.63, 3.8) is 0 Å². The molecule has 90 valence electrons. The van der Waals surface area contributed by atoms with E-state index >= 15 is 0 Å². The van der Waals surface area contributed by atoms with E-state index in [1.54, 1.807) is 0 Å². The Hall–Kier alpha value is -0.850. The summed E-state index contributed by atoms with van der Waals surface area (Å²) in [5.41, 5.74) is 2.52. The molecule has 0 saturated heterocycles. The number of carbonyl (C=O) groups excluding carboxylic acids is 1. The van der Waals surface area contributed by atoms with E-state index in [0.29, 0.717) is 11.3 Å². The van der Waals surface area contributed by atoms with Gasteiger partial charge in [-0.15, -0.1) is 0 Å². The third kappa shape index (κ3) is 3.33. The SMILES string of the molecule is C=C(C=O)CCC[C@@H]1C(=C)CCCC1(C)C. The summed E-state index contributed by atoms with van der Waals surface area (Å²) in [6, 6.07) is 0. The van der Waals surface area contributed by atoms with Crippen LogP contribution in [0.25, 0.3) is 0 Å². The number of hydrogen-bond donors (Lipinski definition) is 0. The second-order valence-corrected chi connectivity index (χ2v) is 5.72. The van der Waals surface area contributed by atoms with E-state index < -0.39 is 0 Å². The van der Waals surface area contributed by atoms with Crippen LogP contribution in [0.15, 0.2) is 24.3 Å². The van der Waals surface area contributed by atoms with Crippen molar-refractivity contribution in [2.24, 2.45) is 11.3 Å². The van der Waals surface area contributed by atoms with Gasteiger partial charge in [0, 0.05) is 0 Å². The van der Waals surface area contributed by atoms with Gasteiger partial charge in [0.25, 0.3) is 0 Å². The molecule has 1 rings (SSSR count). The molecular weight excluding hydrogens is 196 g/mol. The van der Waals surface area contributed by atoms with Crippen LogP contribution >= 0.6 is 0 Å². The Morgan fingerprint density at radius 1 is 1.56 bits per heavy atom. The van der Waals surface area contributed by atoms with E-state index in [1.165, 1.54) is 24.8 Å². The fourth-order valence-electron chi connectivity index (χ4n) is 2.86. The number of allylic oxidation sites excluding steroid dienone is 2. The molecule has 0 aromatic heterocycles.